The van der Waals surface area contributed by atoms with E-state index in [0.29, 0.717) is 19.2 Å². The van der Waals surface area contributed by atoms with Crippen LogP contribution in [0.5, 0.6) is 0 Å². The van der Waals surface area contributed by atoms with E-state index in [1.807, 2.05) is 7.05 Å². The first-order valence-corrected chi connectivity index (χ1v) is 6.55. The lowest BCUT2D eigenvalue weighted by atomic mass is 10.4. The number of amides is 1. The van der Waals surface area contributed by atoms with E-state index in [1.165, 1.54) is 0 Å². The molecule has 0 aromatic carbocycles. The summed E-state index contributed by atoms with van der Waals surface area (Å²) in [6.07, 6.45) is 4.04. The summed E-state index contributed by atoms with van der Waals surface area (Å²) in [5.41, 5.74) is 0.831. The van der Waals surface area contributed by atoms with E-state index < -0.39 is 0 Å². The van der Waals surface area contributed by atoms with E-state index >= 15 is 0 Å². The number of methoxy groups -OCH3 is 1. The summed E-state index contributed by atoms with van der Waals surface area (Å²) < 4.78 is 6.53. The van der Waals surface area contributed by atoms with Crippen molar-refractivity contribution in [2.24, 2.45) is 0 Å². The molecule has 1 aliphatic carbocycles. The van der Waals surface area contributed by atoms with E-state index in [2.05, 4.69) is 15.6 Å². The van der Waals surface area contributed by atoms with Crippen LogP contribution < -0.4 is 5.32 Å². The molecule has 0 spiro atoms. The number of hydrogen-bond donors (Lipinski definition) is 1. The summed E-state index contributed by atoms with van der Waals surface area (Å²) in [6.45, 7) is 2.33. The van der Waals surface area contributed by atoms with E-state index in [-0.39, 0.29) is 12.5 Å². The predicted molar refractivity (Wildman–Crippen MR) is 69.4 cm³/mol. The second-order valence-electron chi connectivity index (χ2n) is 4.81. The molecule has 7 heteroatoms. The van der Waals surface area contributed by atoms with Crippen LogP contribution in [-0.4, -0.2) is 59.2 Å². The summed E-state index contributed by atoms with van der Waals surface area (Å²) in [5.74, 6) is 0.0892. The maximum Gasteiger partial charge on any atom is 0.244 e. The number of nitrogens with zero attached hydrogens (tertiary/aromatic N) is 4. The van der Waals surface area contributed by atoms with Crippen molar-refractivity contribution in [2.45, 2.75) is 32.0 Å². The zero-order valence-corrected chi connectivity index (χ0v) is 11.5. The van der Waals surface area contributed by atoms with E-state index in [1.54, 1.807) is 22.9 Å². The van der Waals surface area contributed by atoms with Gasteiger partial charge in [-0.3, -0.25) is 4.79 Å². The Morgan fingerprint density at radius 1 is 1.63 bits per heavy atom. The number of rotatable bonds is 8. The third-order valence-corrected chi connectivity index (χ3v) is 3.16. The topological polar surface area (TPSA) is 72.3 Å². The number of nitrogens with one attached hydrogen (secondary N) is 1. The first-order valence-electron chi connectivity index (χ1n) is 6.55. The summed E-state index contributed by atoms with van der Waals surface area (Å²) in [6, 6.07) is 0.436. The van der Waals surface area contributed by atoms with E-state index in [0.717, 1.165) is 25.1 Å². The molecule has 2 rings (SSSR count). The Labute approximate surface area is 112 Å². The Morgan fingerprint density at radius 2 is 2.42 bits per heavy atom. The van der Waals surface area contributed by atoms with Crippen LogP contribution in [0.15, 0.2) is 6.20 Å². The molecule has 1 heterocycles. The number of hydrogen-bond acceptors (Lipinski definition) is 5. The molecule has 1 amide bonds. The molecule has 0 radical (unpaired) electrons. The largest absolute Gasteiger partial charge is 0.383 e. The van der Waals surface area contributed by atoms with Crippen LogP contribution in [0.25, 0.3) is 0 Å². The van der Waals surface area contributed by atoms with E-state index in [4.69, 9.17) is 4.74 Å². The van der Waals surface area contributed by atoms with Gasteiger partial charge in [0, 0.05) is 33.3 Å². The van der Waals surface area contributed by atoms with Gasteiger partial charge in [0.1, 0.15) is 6.54 Å². The van der Waals surface area contributed by atoms with Gasteiger partial charge in [0.15, 0.2) is 0 Å². The van der Waals surface area contributed by atoms with Gasteiger partial charge in [0.2, 0.25) is 5.91 Å². The third-order valence-electron chi connectivity index (χ3n) is 3.16. The molecule has 106 valence electrons. The lowest BCUT2D eigenvalue weighted by molar-refractivity contribution is -0.131. The van der Waals surface area contributed by atoms with Gasteiger partial charge in [-0.2, -0.15) is 0 Å². The number of aromatic nitrogens is 3. The Morgan fingerprint density at radius 3 is 3.11 bits per heavy atom. The first kappa shape index (κ1) is 14.0. The number of carbonyl (C=O) groups is 1. The summed E-state index contributed by atoms with van der Waals surface area (Å²) >= 11 is 0. The fourth-order valence-electron chi connectivity index (χ4n) is 1.80. The molecule has 0 unspecified atom stereocenters. The minimum Gasteiger partial charge on any atom is -0.383 e. The highest BCUT2D eigenvalue weighted by atomic mass is 16.5. The smallest absolute Gasteiger partial charge is 0.244 e. The zero-order chi connectivity index (χ0) is 13.7. The normalized spacial score (nSPS) is 14.6. The molecule has 0 bridgehead atoms. The van der Waals surface area contributed by atoms with Crippen molar-refractivity contribution in [2.75, 3.05) is 27.3 Å². The lowest BCUT2D eigenvalue weighted by Gasteiger charge is -2.15. The highest BCUT2D eigenvalue weighted by Crippen LogP contribution is 2.25. The molecule has 0 saturated heterocycles. The van der Waals surface area contributed by atoms with Crippen LogP contribution in [0.4, 0.5) is 0 Å². The van der Waals surface area contributed by atoms with Crippen LogP contribution in [-0.2, 0) is 22.6 Å². The average molecular weight is 267 g/mol. The maximum atomic E-state index is 11.9. The predicted octanol–water partition coefficient (Wildman–Crippen LogP) is -0.365. The van der Waals surface area contributed by atoms with E-state index in [9.17, 15) is 4.79 Å². The van der Waals surface area contributed by atoms with Crippen molar-refractivity contribution in [1.82, 2.24) is 25.2 Å². The second-order valence-corrected chi connectivity index (χ2v) is 4.81. The molecule has 19 heavy (non-hydrogen) atoms. The van der Waals surface area contributed by atoms with Crippen LogP contribution in [0.2, 0.25) is 0 Å². The second kappa shape index (κ2) is 6.63. The van der Waals surface area contributed by atoms with Gasteiger partial charge in [0.05, 0.1) is 18.5 Å². The highest BCUT2D eigenvalue weighted by molar-refractivity contribution is 5.76. The summed E-state index contributed by atoms with van der Waals surface area (Å²) in [5, 5.41) is 11.2. The highest BCUT2D eigenvalue weighted by Gasteiger charge is 2.29. The van der Waals surface area contributed by atoms with Crippen molar-refractivity contribution < 1.29 is 9.53 Å². The summed E-state index contributed by atoms with van der Waals surface area (Å²) in [7, 11) is 3.52. The van der Waals surface area contributed by atoms with Gasteiger partial charge in [-0.05, 0) is 12.8 Å². The molecule has 7 nitrogen and oxygen atoms in total. The first-order chi connectivity index (χ1) is 9.20. The Balaban J connectivity index is 1.75. The minimum absolute atomic E-state index is 0.0892. The van der Waals surface area contributed by atoms with Crippen molar-refractivity contribution in [1.29, 1.82) is 0 Å². The Hall–Kier alpha value is -1.47. The van der Waals surface area contributed by atoms with Crippen molar-refractivity contribution in [3.8, 4) is 0 Å². The van der Waals surface area contributed by atoms with Gasteiger partial charge < -0.3 is 15.0 Å². The van der Waals surface area contributed by atoms with Crippen molar-refractivity contribution >= 4 is 5.91 Å². The van der Waals surface area contributed by atoms with Gasteiger partial charge in [-0.15, -0.1) is 5.10 Å². The van der Waals surface area contributed by atoms with Crippen LogP contribution in [0, 0.1) is 0 Å². The third kappa shape index (κ3) is 4.29. The molecule has 0 atom stereocenters. The van der Waals surface area contributed by atoms with Crippen molar-refractivity contribution in [3.63, 3.8) is 0 Å². The number of ether oxygens (including phenoxy) is 1. The Bertz CT molecular complexity index is 416. The van der Waals surface area contributed by atoms with Crippen LogP contribution in [0.1, 0.15) is 18.5 Å². The zero-order valence-electron chi connectivity index (χ0n) is 11.5. The van der Waals surface area contributed by atoms with Gasteiger partial charge in [0.25, 0.3) is 0 Å². The SMILES string of the molecule is COCCNCc1cn(CC(=O)N(C)C2CC2)nn1. The molecule has 1 saturated carbocycles. The Kier molecular flexibility index (Phi) is 4.86. The van der Waals surface area contributed by atoms with Crippen LogP contribution in [0.3, 0.4) is 0 Å². The molecule has 1 N–H and O–H groups in total. The number of carbonyl (C=O) groups excluding carboxylic acids is 1. The standard InChI is InChI=1S/C12H21N5O2/c1-16(11-3-4-11)12(18)9-17-8-10(14-15-17)7-13-5-6-19-2/h8,11,13H,3-7,9H2,1-2H3. The molecule has 1 fully saturated rings. The molecule has 1 aliphatic rings. The minimum atomic E-state index is 0.0892. The van der Waals surface area contributed by atoms with Gasteiger partial charge in [-0.1, -0.05) is 5.21 Å². The molecule has 0 aliphatic heterocycles. The van der Waals surface area contributed by atoms with Gasteiger partial charge >= 0.3 is 0 Å². The average Bonchev–Trinajstić information content (AvgIpc) is 3.16. The summed E-state index contributed by atoms with van der Waals surface area (Å²) in [4.78, 5) is 13.7. The molecular weight excluding hydrogens is 246 g/mol. The van der Waals surface area contributed by atoms with Crippen molar-refractivity contribution in [3.05, 3.63) is 11.9 Å². The molecule has 1 aromatic rings. The maximum absolute atomic E-state index is 11.9. The quantitative estimate of drug-likeness (QED) is 0.651. The molecular formula is C12H21N5O2. The fourth-order valence-corrected chi connectivity index (χ4v) is 1.80. The number of likely N-dealkylation sites (N-methyl/N-ethyl adjacent to an activating group) is 1. The monoisotopic (exact) mass is 267 g/mol. The fraction of sp³-hybridized carbons (Fsp3) is 0.750. The lowest BCUT2D eigenvalue weighted by Crippen LogP contribution is -2.32. The van der Waals surface area contributed by atoms with Crippen LogP contribution >= 0.6 is 0 Å². The van der Waals surface area contributed by atoms with Gasteiger partial charge in [-0.25, -0.2) is 4.68 Å². The molecule has 1 aromatic heterocycles.